The molecule has 0 fully saturated rings. The van der Waals surface area contributed by atoms with Crippen LogP contribution in [0.15, 0.2) is 34.9 Å². The van der Waals surface area contributed by atoms with Crippen LogP contribution < -0.4 is 10.1 Å². The van der Waals surface area contributed by atoms with Gasteiger partial charge < -0.3 is 14.6 Å². The van der Waals surface area contributed by atoms with E-state index in [2.05, 4.69) is 24.3 Å². The van der Waals surface area contributed by atoms with Crippen LogP contribution in [0.1, 0.15) is 26.5 Å². The molecule has 1 heterocycles. The lowest BCUT2D eigenvalue weighted by atomic mass is 10.1. The van der Waals surface area contributed by atoms with Crippen molar-refractivity contribution in [2.24, 2.45) is 0 Å². The highest BCUT2D eigenvalue weighted by atomic mass is 16.5. The third kappa shape index (κ3) is 3.58. The highest BCUT2D eigenvalue weighted by Gasteiger charge is 2.11. The molecule has 0 amide bonds. The van der Waals surface area contributed by atoms with Crippen molar-refractivity contribution < 1.29 is 9.26 Å². The molecule has 2 rings (SSSR count). The average molecular weight is 260 g/mol. The minimum Gasteiger partial charge on any atom is -0.493 e. The maximum Gasteiger partial charge on any atom is 0.170 e. The van der Waals surface area contributed by atoms with E-state index >= 15 is 0 Å². The van der Waals surface area contributed by atoms with Gasteiger partial charge in [-0.05, 0) is 19.1 Å². The standard InChI is InChI=1S/C15H20N2O2/c1-4-18-14-8-6-5-7-13(14)15-9-12(17-19-15)10-16-11(2)3/h5-9,11,16H,4,10H2,1-3H3. The molecule has 0 radical (unpaired) electrons. The number of nitrogens with one attached hydrogen (secondary N) is 1. The third-order valence-corrected chi connectivity index (χ3v) is 2.70. The van der Waals surface area contributed by atoms with Gasteiger partial charge in [-0.1, -0.05) is 31.1 Å². The van der Waals surface area contributed by atoms with E-state index in [1.165, 1.54) is 0 Å². The van der Waals surface area contributed by atoms with Gasteiger partial charge in [0.25, 0.3) is 0 Å². The van der Waals surface area contributed by atoms with Crippen molar-refractivity contribution in [1.29, 1.82) is 0 Å². The molecule has 0 atom stereocenters. The van der Waals surface area contributed by atoms with Crippen molar-refractivity contribution >= 4 is 0 Å². The molecule has 0 saturated heterocycles. The van der Waals surface area contributed by atoms with Crippen LogP contribution in [0.3, 0.4) is 0 Å². The zero-order chi connectivity index (χ0) is 13.7. The van der Waals surface area contributed by atoms with E-state index in [9.17, 15) is 0 Å². The summed E-state index contributed by atoms with van der Waals surface area (Å²) in [6.07, 6.45) is 0. The minimum absolute atomic E-state index is 0.427. The Kier molecular flexibility index (Phi) is 4.58. The molecule has 4 heteroatoms. The van der Waals surface area contributed by atoms with Crippen molar-refractivity contribution in [3.8, 4) is 17.1 Å². The maximum absolute atomic E-state index is 5.60. The Hall–Kier alpha value is -1.81. The van der Waals surface area contributed by atoms with Crippen LogP contribution >= 0.6 is 0 Å². The second kappa shape index (κ2) is 6.38. The molecule has 4 nitrogen and oxygen atoms in total. The van der Waals surface area contributed by atoms with Crippen LogP contribution in [-0.2, 0) is 6.54 Å². The summed E-state index contributed by atoms with van der Waals surface area (Å²) in [6, 6.07) is 10.2. The first-order valence-corrected chi connectivity index (χ1v) is 6.62. The molecule has 0 saturated carbocycles. The Morgan fingerprint density at radius 2 is 2.11 bits per heavy atom. The van der Waals surface area contributed by atoms with Crippen LogP contribution in [0.2, 0.25) is 0 Å². The molecular weight excluding hydrogens is 240 g/mol. The fourth-order valence-corrected chi connectivity index (χ4v) is 1.78. The van der Waals surface area contributed by atoms with E-state index < -0.39 is 0 Å². The Labute approximate surface area is 113 Å². The second-order valence-corrected chi connectivity index (χ2v) is 4.65. The second-order valence-electron chi connectivity index (χ2n) is 4.65. The molecule has 2 aromatic rings. The predicted octanol–water partition coefficient (Wildman–Crippen LogP) is 3.24. The quantitative estimate of drug-likeness (QED) is 0.866. The lowest BCUT2D eigenvalue weighted by Crippen LogP contribution is -2.21. The summed E-state index contributed by atoms with van der Waals surface area (Å²) in [5.74, 6) is 1.56. The summed E-state index contributed by atoms with van der Waals surface area (Å²) in [6.45, 7) is 7.51. The van der Waals surface area contributed by atoms with Crippen LogP contribution in [-0.4, -0.2) is 17.8 Å². The summed E-state index contributed by atoms with van der Waals surface area (Å²) < 4.78 is 11.0. The number of para-hydroxylation sites is 1. The van der Waals surface area contributed by atoms with Crippen molar-refractivity contribution in [3.05, 3.63) is 36.0 Å². The van der Waals surface area contributed by atoms with Crippen molar-refractivity contribution in [1.82, 2.24) is 10.5 Å². The number of aromatic nitrogens is 1. The number of nitrogens with zero attached hydrogens (tertiary/aromatic N) is 1. The van der Waals surface area contributed by atoms with E-state index in [1.54, 1.807) is 0 Å². The number of hydrogen-bond donors (Lipinski definition) is 1. The molecule has 19 heavy (non-hydrogen) atoms. The van der Waals surface area contributed by atoms with Crippen molar-refractivity contribution in [2.75, 3.05) is 6.61 Å². The van der Waals surface area contributed by atoms with Gasteiger partial charge in [0.15, 0.2) is 5.76 Å². The summed E-state index contributed by atoms with van der Waals surface area (Å²) in [4.78, 5) is 0. The molecule has 1 aromatic carbocycles. The molecular formula is C15H20N2O2. The smallest absolute Gasteiger partial charge is 0.170 e. The Morgan fingerprint density at radius 3 is 2.84 bits per heavy atom. The predicted molar refractivity (Wildman–Crippen MR) is 75.1 cm³/mol. The largest absolute Gasteiger partial charge is 0.493 e. The Morgan fingerprint density at radius 1 is 1.32 bits per heavy atom. The SMILES string of the molecule is CCOc1ccccc1-c1cc(CNC(C)C)no1. The summed E-state index contributed by atoms with van der Waals surface area (Å²) in [7, 11) is 0. The highest BCUT2D eigenvalue weighted by Crippen LogP contribution is 2.30. The third-order valence-electron chi connectivity index (χ3n) is 2.70. The topological polar surface area (TPSA) is 47.3 Å². The molecule has 102 valence electrons. The van der Waals surface area contributed by atoms with Crippen LogP contribution in [0.25, 0.3) is 11.3 Å². The number of benzene rings is 1. The van der Waals surface area contributed by atoms with Gasteiger partial charge in [0.1, 0.15) is 5.75 Å². The first-order valence-electron chi connectivity index (χ1n) is 6.62. The first kappa shape index (κ1) is 13.6. The molecule has 0 aliphatic heterocycles. The first-order chi connectivity index (χ1) is 9.20. The highest BCUT2D eigenvalue weighted by molar-refractivity contribution is 5.65. The van der Waals surface area contributed by atoms with Gasteiger partial charge in [0.2, 0.25) is 0 Å². The van der Waals surface area contributed by atoms with E-state index in [4.69, 9.17) is 9.26 Å². The van der Waals surface area contributed by atoms with Gasteiger partial charge in [0, 0.05) is 18.7 Å². The molecule has 1 N–H and O–H groups in total. The molecule has 0 bridgehead atoms. The van der Waals surface area contributed by atoms with E-state index in [0.717, 1.165) is 22.8 Å². The minimum atomic E-state index is 0.427. The fraction of sp³-hybridized carbons (Fsp3) is 0.400. The lowest BCUT2D eigenvalue weighted by Gasteiger charge is -2.06. The Bertz CT molecular complexity index is 520. The zero-order valence-corrected chi connectivity index (χ0v) is 11.6. The summed E-state index contributed by atoms with van der Waals surface area (Å²) >= 11 is 0. The normalized spacial score (nSPS) is 10.9. The lowest BCUT2D eigenvalue weighted by molar-refractivity contribution is 0.339. The zero-order valence-electron chi connectivity index (χ0n) is 11.6. The monoisotopic (exact) mass is 260 g/mol. The molecule has 0 spiro atoms. The Balaban J connectivity index is 2.18. The molecule has 0 aliphatic carbocycles. The van der Waals surface area contributed by atoms with Gasteiger partial charge in [-0.25, -0.2) is 0 Å². The van der Waals surface area contributed by atoms with Crippen molar-refractivity contribution in [3.63, 3.8) is 0 Å². The molecule has 1 aromatic heterocycles. The van der Waals surface area contributed by atoms with Gasteiger partial charge in [-0.2, -0.15) is 0 Å². The van der Waals surface area contributed by atoms with E-state index in [1.807, 2.05) is 37.3 Å². The van der Waals surface area contributed by atoms with Gasteiger partial charge in [0.05, 0.1) is 17.9 Å². The maximum atomic E-state index is 5.60. The van der Waals surface area contributed by atoms with Crippen LogP contribution in [0, 0.1) is 0 Å². The molecule has 0 unspecified atom stereocenters. The van der Waals surface area contributed by atoms with Gasteiger partial charge in [-0.15, -0.1) is 0 Å². The molecule has 0 aliphatic rings. The van der Waals surface area contributed by atoms with Crippen LogP contribution in [0.4, 0.5) is 0 Å². The summed E-state index contributed by atoms with van der Waals surface area (Å²) in [5.41, 5.74) is 1.84. The van der Waals surface area contributed by atoms with Gasteiger partial charge >= 0.3 is 0 Å². The number of hydrogen-bond acceptors (Lipinski definition) is 4. The van der Waals surface area contributed by atoms with Gasteiger partial charge in [-0.3, -0.25) is 0 Å². The van der Waals surface area contributed by atoms with Crippen molar-refractivity contribution in [2.45, 2.75) is 33.4 Å². The van der Waals surface area contributed by atoms with Crippen LogP contribution in [0.5, 0.6) is 5.75 Å². The number of rotatable bonds is 6. The van der Waals surface area contributed by atoms with E-state index in [0.29, 0.717) is 19.2 Å². The fourth-order valence-electron chi connectivity index (χ4n) is 1.78. The van der Waals surface area contributed by atoms with E-state index in [-0.39, 0.29) is 0 Å². The average Bonchev–Trinajstić information content (AvgIpc) is 2.86. The summed E-state index contributed by atoms with van der Waals surface area (Å²) in [5, 5.41) is 7.39. The number of ether oxygens (including phenoxy) is 1.